The molecule has 106 valence electrons. The van der Waals surface area contributed by atoms with Crippen molar-refractivity contribution in [2.75, 3.05) is 18.0 Å². The second-order valence-electron chi connectivity index (χ2n) is 4.59. The van der Waals surface area contributed by atoms with Crippen LogP contribution in [0.15, 0.2) is 24.3 Å². The Morgan fingerprint density at radius 1 is 1.14 bits per heavy atom. The summed E-state index contributed by atoms with van der Waals surface area (Å²) < 4.78 is 5.59. The lowest BCUT2D eigenvalue weighted by Gasteiger charge is -2.15. The van der Waals surface area contributed by atoms with E-state index in [9.17, 15) is 0 Å². The van der Waals surface area contributed by atoms with E-state index in [0.717, 1.165) is 25.9 Å². The summed E-state index contributed by atoms with van der Waals surface area (Å²) in [5, 5.41) is 9.14. The van der Waals surface area contributed by atoms with Crippen LogP contribution in [0.1, 0.15) is 18.4 Å². The highest BCUT2D eigenvalue weighted by Crippen LogP contribution is 2.25. The van der Waals surface area contributed by atoms with Gasteiger partial charge in [-0.2, -0.15) is 20.2 Å². The number of halogens is 1. The number of nitriles is 1. The Balaban J connectivity index is 1.90. The van der Waals surface area contributed by atoms with E-state index in [1.807, 2.05) is 4.90 Å². The van der Waals surface area contributed by atoms with Gasteiger partial charge in [0.1, 0.15) is 11.8 Å². The third-order valence-corrected chi connectivity index (χ3v) is 3.34. The molecule has 1 saturated heterocycles. The van der Waals surface area contributed by atoms with Crippen molar-refractivity contribution in [3.05, 3.63) is 35.1 Å². The molecule has 1 fully saturated rings. The highest BCUT2D eigenvalue weighted by atomic mass is 35.5. The molecule has 0 spiro atoms. The van der Waals surface area contributed by atoms with Gasteiger partial charge in [0, 0.05) is 13.1 Å². The van der Waals surface area contributed by atoms with Crippen molar-refractivity contribution in [1.82, 2.24) is 15.0 Å². The Morgan fingerprint density at radius 2 is 1.90 bits per heavy atom. The number of rotatable bonds is 3. The molecule has 1 aliphatic heterocycles. The summed E-state index contributed by atoms with van der Waals surface area (Å²) in [5.74, 6) is 0.909. The summed E-state index contributed by atoms with van der Waals surface area (Å²) in [6.45, 7) is 1.79. The number of aromatic nitrogens is 3. The Labute approximate surface area is 127 Å². The molecule has 0 radical (unpaired) electrons. The molecule has 0 amide bonds. The summed E-state index contributed by atoms with van der Waals surface area (Å²) in [5.41, 5.74) is 0.414. The van der Waals surface area contributed by atoms with Crippen LogP contribution < -0.4 is 9.64 Å². The quantitative estimate of drug-likeness (QED) is 0.867. The summed E-state index contributed by atoms with van der Waals surface area (Å²) >= 11 is 5.93. The maximum absolute atomic E-state index is 9.06. The fourth-order valence-electron chi connectivity index (χ4n) is 2.17. The van der Waals surface area contributed by atoms with Crippen LogP contribution >= 0.6 is 11.6 Å². The largest absolute Gasteiger partial charge is 0.423 e. The van der Waals surface area contributed by atoms with Crippen molar-refractivity contribution in [3.8, 4) is 17.8 Å². The fraction of sp³-hybridized carbons (Fsp3) is 0.286. The third-order valence-electron chi connectivity index (χ3n) is 3.17. The van der Waals surface area contributed by atoms with Gasteiger partial charge in [-0.1, -0.05) is 12.1 Å². The molecular formula is C14H12ClN5O. The number of nitrogens with zero attached hydrogens (tertiary/aromatic N) is 5. The zero-order chi connectivity index (χ0) is 14.7. The van der Waals surface area contributed by atoms with Gasteiger partial charge in [-0.25, -0.2) is 0 Å². The van der Waals surface area contributed by atoms with Crippen LogP contribution in [0.4, 0.5) is 5.95 Å². The number of anilines is 1. The SMILES string of the molecule is N#Cc1ccccc1Oc1nc(Cl)nc(N2CCCC2)n1. The zero-order valence-corrected chi connectivity index (χ0v) is 11.9. The zero-order valence-electron chi connectivity index (χ0n) is 11.2. The molecule has 2 aromatic rings. The van der Waals surface area contributed by atoms with Crippen molar-refractivity contribution in [2.24, 2.45) is 0 Å². The third kappa shape index (κ3) is 3.03. The number of hydrogen-bond acceptors (Lipinski definition) is 6. The molecule has 0 bridgehead atoms. The second kappa shape index (κ2) is 5.94. The van der Waals surface area contributed by atoms with Crippen LogP contribution in [0.3, 0.4) is 0 Å². The van der Waals surface area contributed by atoms with Gasteiger partial charge in [-0.05, 0) is 36.6 Å². The van der Waals surface area contributed by atoms with Crippen molar-refractivity contribution in [2.45, 2.75) is 12.8 Å². The van der Waals surface area contributed by atoms with Crippen LogP contribution in [0.25, 0.3) is 0 Å². The molecule has 0 unspecified atom stereocenters. The summed E-state index contributed by atoms with van der Waals surface area (Å²) in [4.78, 5) is 14.4. The molecular weight excluding hydrogens is 290 g/mol. The van der Waals surface area contributed by atoms with E-state index in [2.05, 4.69) is 21.0 Å². The molecule has 3 rings (SSSR count). The minimum atomic E-state index is 0.0799. The standard InChI is InChI=1S/C14H12ClN5O/c15-12-17-13(20-7-3-4-8-20)19-14(18-12)21-11-6-2-1-5-10(11)9-16/h1-2,5-6H,3-4,7-8H2. The van der Waals surface area contributed by atoms with E-state index in [1.165, 1.54) is 0 Å². The molecule has 21 heavy (non-hydrogen) atoms. The van der Waals surface area contributed by atoms with Crippen LogP contribution in [0.2, 0.25) is 5.28 Å². The number of ether oxygens (including phenoxy) is 1. The highest BCUT2D eigenvalue weighted by molar-refractivity contribution is 6.28. The number of para-hydroxylation sites is 1. The lowest BCUT2D eigenvalue weighted by atomic mass is 10.2. The van der Waals surface area contributed by atoms with Crippen LogP contribution in [0, 0.1) is 11.3 Å². The van der Waals surface area contributed by atoms with Gasteiger partial charge >= 0.3 is 6.01 Å². The first-order chi connectivity index (χ1) is 10.3. The molecule has 1 aliphatic rings. The number of hydrogen-bond donors (Lipinski definition) is 0. The smallest absolute Gasteiger partial charge is 0.328 e. The highest BCUT2D eigenvalue weighted by Gasteiger charge is 2.18. The van der Waals surface area contributed by atoms with E-state index in [4.69, 9.17) is 21.6 Å². The maximum atomic E-state index is 9.06. The topological polar surface area (TPSA) is 74.9 Å². The second-order valence-corrected chi connectivity index (χ2v) is 4.93. The van der Waals surface area contributed by atoms with E-state index >= 15 is 0 Å². The van der Waals surface area contributed by atoms with Gasteiger partial charge in [-0.15, -0.1) is 0 Å². The molecule has 0 N–H and O–H groups in total. The predicted octanol–water partition coefficient (Wildman–Crippen LogP) is 2.79. The summed E-state index contributed by atoms with van der Waals surface area (Å²) in [6, 6.07) is 9.05. The van der Waals surface area contributed by atoms with Crippen molar-refractivity contribution < 1.29 is 4.74 Å². The first-order valence-corrected chi connectivity index (χ1v) is 6.97. The summed E-state index contributed by atoms with van der Waals surface area (Å²) in [7, 11) is 0. The normalized spacial score (nSPS) is 14.0. The Morgan fingerprint density at radius 3 is 2.67 bits per heavy atom. The molecule has 1 aromatic carbocycles. The first kappa shape index (κ1) is 13.6. The maximum Gasteiger partial charge on any atom is 0.328 e. The fourth-order valence-corrected chi connectivity index (χ4v) is 2.32. The van der Waals surface area contributed by atoms with Crippen LogP contribution in [-0.4, -0.2) is 28.0 Å². The van der Waals surface area contributed by atoms with E-state index in [0.29, 0.717) is 17.3 Å². The predicted molar refractivity (Wildman–Crippen MR) is 77.5 cm³/mol. The lowest BCUT2D eigenvalue weighted by Crippen LogP contribution is -2.21. The monoisotopic (exact) mass is 301 g/mol. The van der Waals surface area contributed by atoms with E-state index in [1.54, 1.807) is 24.3 Å². The first-order valence-electron chi connectivity index (χ1n) is 6.60. The van der Waals surface area contributed by atoms with Crippen molar-refractivity contribution in [3.63, 3.8) is 0 Å². The molecule has 0 aliphatic carbocycles. The van der Waals surface area contributed by atoms with Gasteiger partial charge in [0.25, 0.3) is 0 Å². The van der Waals surface area contributed by atoms with Crippen LogP contribution in [-0.2, 0) is 0 Å². The average Bonchev–Trinajstić information content (AvgIpc) is 3.01. The molecule has 0 atom stereocenters. The lowest BCUT2D eigenvalue weighted by molar-refractivity contribution is 0.438. The number of benzene rings is 1. The Kier molecular flexibility index (Phi) is 3.84. The molecule has 1 aromatic heterocycles. The van der Waals surface area contributed by atoms with E-state index < -0.39 is 0 Å². The molecule has 6 nitrogen and oxygen atoms in total. The van der Waals surface area contributed by atoms with E-state index in [-0.39, 0.29) is 11.3 Å². The molecule has 2 heterocycles. The summed E-state index contributed by atoms with van der Waals surface area (Å²) in [6.07, 6.45) is 2.22. The van der Waals surface area contributed by atoms with Gasteiger partial charge < -0.3 is 9.64 Å². The Hall–Kier alpha value is -2.39. The molecule has 0 saturated carbocycles. The van der Waals surface area contributed by atoms with Gasteiger partial charge in [-0.3, -0.25) is 0 Å². The van der Waals surface area contributed by atoms with Gasteiger partial charge in [0.2, 0.25) is 11.2 Å². The Bertz CT molecular complexity index is 694. The molecule has 7 heteroatoms. The van der Waals surface area contributed by atoms with Crippen LogP contribution in [0.5, 0.6) is 11.8 Å². The van der Waals surface area contributed by atoms with Crippen molar-refractivity contribution in [1.29, 1.82) is 5.26 Å². The van der Waals surface area contributed by atoms with Gasteiger partial charge in [0.15, 0.2) is 0 Å². The van der Waals surface area contributed by atoms with Crippen molar-refractivity contribution >= 4 is 17.5 Å². The minimum absolute atomic E-state index is 0.0799. The average molecular weight is 302 g/mol. The minimum Gasteiger partial charge on any atom is -0.423 e. The van der Waals surface area contributed by atoms with Gasteiger partial charge in [0.05, 0.1) is 5.56 Å².